The predicted molar refractivity (Wildman–Crippen MR) is 137 cm³/mol. The zero-order chi connectivity index (χ0) is 26.5. The van der Waals surface area contributed by atoms with E-state index < -0.39 is 18.2 Å². The SMILES string of the molecule is CCOc1cc([C@@H](O)[C@H](Cn2cc3cc(C#N)cc(C(=O)O)c3n2)OC2CCCC2)cc(OCC)c1C. The molecule has 1 aliphatic carbocycles. The normalized spacial score (nSPS) is 15.4. The summed E-state index contributed by atoms with van der Waals surface area (Å²) in [5, 5.41) is 35.5. The zero-order valence-corrected chi connectivity index (χ0v) is 21.4. The number of fused-ring (bicyclic) bond motifs is 1. The number of nitrogens with zero attached hydrogens (tertiary/aromatic N) is 3. The van der Waals surface area contributed by atoms with E-state index in [1.54, 1.807) is 16.9 Å². The number of hydrogen-bond acceptors (Lipinski definition) is 7. The molecule has 9 heteroatoms. The first-order chi connectivity index (χ1) is 17.8. The van der Waals surface area contributed by atoms with Gasteiger partial charge in [-0.1, -0.05) is 12.8 Å². The van der Waals surface area contributed by atoms with Crippen LogP contribution in [0.3, 0.4) is 0 Å². The Kier molecular flexibility index (Phi) is 8.31. The molecule has 0 unspecified atom stereocenters. The van der Waals surface area contributed by atoms with Crippen LogP contribution < -0.4 is 9.47 Å². The molecular weight excluding hydrogens is 474 g/mol. The average molecular weight is 508 g/mol. The van der Waals surface area contributed by atoms with Crippen LogP contribution in [0.5, 0.6) is 11.5 Å². The van der Waals surface area contributed by atoms with E-state index >= 15 is 0 Å². The highest BCUT2D eigenvalue weighted by Crippen LogP contribution is 2.35. The summed E-state index contributed by atoms with van der Waals surface area (Å²) in [6.07, 6.45) is 4.02. The van der Waals surface area contributed by atoms with Gasteiger partial charge in [0.05, 0.1) is 43.1 Å². The van der Waals surface area contributed by atoms with Crippen molar-refractivity contribution in [1.29, 1.82) is 5.26 Å². The second kappa shape index (κ2) is 11.6. The van der Waals surface area contributed by atoms with E-state index in [9.17, 15) is 20.3 Å². The number of nitriles is 1. The number of aromatic carboxylic acids is 1. The Morgan fingerprint density at radius 1 is 1.16 bits per heavy atom. The minimum Gasteiger partial charge on any atom is -0.493 e. The Balaban J connectivity index is 1.71. The van der Waals surface area contributed by atoms with Gasteiger partial charge in [0.25, 0.3) is 0 Å². The Labute approximate surface area is 216 Å². The first kappa shape index (κ1) is 26.5. The molecular formula is C28H33N3O6. The molecule has 1 aliphatic rings. The Bertz CT molecular complexity index is 1280. The summed E-state index contributed by atoms with van der Waals surface area (Å²) in [5.74, 6) is 0.127. The van der Waals surface area contributed by atoms with E-state index in [2.05, 4.69) is 5.10 Å². The third kappa shape index (κ3) is 5.87. The van der Waals surface area contributed by atoms with Crippen LogP contribution in [-0.4, -0.2) is 51.4 Å². The number of rotatable bonds is 11. The molecule has 1 saturated carbocycles. The van der Waals surface area contributed by atoms with Crippen molar-refractivity contribution in [3.63, 3.8) is 0 Å². The topological polar surface area (TPSA) is 127 Å². The van der Waals surface area contributed by atoms with Crippen molar-refractivity contribution in [3.05, 3.63) is 52.7 Å². The van der Waals surface area contributed by atoms with Crippen LogP contribution in [0, 0.1) is 18.3 Å². The van der Waals surface area contributed by atoms with Gasteiger partial charge in [0.2, 0.25) is 0 Å². The molecule has 4 rings (SSSR count). The van der Waals surface area contributed by atoms with Crippen LogP contribution in [0.4, 0.5) is 0 Å². The van der Waals surface area contributed by atoms with Gasteiger partial charge in [0.1, 0.15) is 29.2 Å². The highest BCUT2D eigenvalue weighted by atomic mass is 16.5. The van der Waals surface area contributed by atoms with E-state index in [1.165, 1.54) is 6.07 Å². The lowest BCUT2D eigenvalue weighted by Crippen LogP contribution is -2.31. The number of ether oxygens (including phenoxy) is 3. The van der Waals surface area contributed by atoms with Gasteiger partial charge in [-0.2, -0.15) is 10.4 Å². The predicted octanol–water partition coefficient (Wildman–Crippen LogP) is 4.77. The molecule has 0 bridgehead atoms. The molecule has 0 saturated heterocycles. The summed E-state index contributed by atoms with van der Waals surface area (Å²) in [5.41, 5.74) is 1.96. The fraction of sp³-hybridized carbons (Fsp3) is 0.464. The Morgan fingerprint density at radius 2 is 1.81 bits per heavy atom. The monoisotopic (exact) mass is 507 g/mol. The van der Waals surface area contributed by atoms with Gasteiger partial charge in [0.15, 0.2) is 0 Å². The zero-order valence-electron chi connectivity index (χ0n) is 21.4. The molecule has 2 atom stereocenters. The van der Waals surface area contributed by atoms with E-state index in [1.807, 2.05) is 39.0 Å². The van der Waals surface area contributed by atoms with Gasteiger partial charge in [-0.05, 0) is 63.4 Å². The molecule has 0 spiro atoms. The quantitative estimate of drug-likeness (QED) is 0.380. The van der Waals surface area contributed by atoms with Crippen molar-refractivity contribution < 1.29 is 29.2 Å². The lowest BCUT2D eigenvalue weighted by atomic mass is 10.0. The summed E-state index contributed by atoms with van der Waals surface area (Å²) < 4.78 is 19.6. The van der Waals surface area contributed by atoms with E-state index in [-0.39, 0.29) is 29.3 Å². The average Bonchev–Trinajstić information content (AvgIpc) is 3.54. The summed E-state index contributed by atoms with van der Waals surface area (Å²) in [7, 11) is 0. The summed E-state index contributed by atoms with van der Waals surface area (Å²) >= 11 is 0. The molecule has 2 N–H and O–H groups in total. The molecule has 0 radical (unpaired) electrons. The molecule has 2 aromatic carbocycles. The number of benzene rings is 2. The minimum absolute atomic E-state index is 0.0209. The highest BCUT2D eigenvalue weighted by molar-refractivity contribution is 6.02. The Morgan fingerprint density at radius 3 is 2.38 bits per heavy atom. The highest BCUT2D eigenvalue weighted by Gasteiger charge is 2.29. The van der Waals surface area contributed by atoms with Crippen LogP contribution in [0.15, 0.2) is 30.5 Å². The van der Waals surface area contributed by atoms with Crippen molar-refractivity contribution >= 4 is 16.9 Å². The van der Waals surface area contributed by atoms with Gasteiger partial charge >= 0.3 is 5.97 Å². The number of aromatic nitrogens is 2. The van der Waals surface area contributed by atoms with Gasteiger partial charge in [-0.25, -0.2) is 4.79 Å². The second-order valence-corrected chi connectivity index (χ2v) is 9.26. The van der Waals surface area contributed by atoms with E-state index in [4.69, 9.17) is 14.2 Å². The summed E-state index contributed by atoms with van der Waals surface area (Å²) in [6, 6.07) is 8.56. The van der Waals surface area contributed by atoms with Gasteiger partial charge in [-0.15, -0.1) is 0 Å². The number of carboxylic acid groups (broad SMARTS) is 1. The van der Waals surface area contributed by atoms with Crippen LogP contribution in [0.1, 0.15) is 72.7 Å². The maximum Gasteiger partial charge on any atom is 0.338 e. The lowest BCUT2D eigenvalue weighted by Gasteiger charge is -2.28. The second-order valence-electron chi connectivity index (χ2n) is 9.26. The summed E-state index contributed by atoms with van der Waals surface area (Å²) in [4.78, 5) is 11.8. The largest absolute Gasteiger partial charge is 0.493 e. The molecule has 3 aromatic rings. The number of aliphatic hydroxyl groups is 1. The first-order valence-electron chi connectivity index (χ1n) is 12.7. The first-order valence-corrected chi connectivity index (χ1v) is 12.7. The van der Waals surface area contributed by atoms with Crippen molar-refractivity contribution in [2.45, 2.75) is 71.3 Å². The van der Waals surface area contributed by atoms with Crippen molar-refractivity contribution in [1.82, 2.24) is 9.78 Å². The fourth-order valence-corrected chi connectivity index (χ4v) is 4.86. The molecule has 0 aliphatic heterocycles. The molecule has 37 heavy (non-hydrogen) atoms. The van der Waals surface area contributed by atoms with Crippen molar-refractivity contribution in [2.75, 3.05) is 13.2 Å². The van der Waals surface area contributed by atoms with E-state index in [0.29, 0.717) is 35.7 Å². The van der Waals surface area contributed by atoms with Crippen LogP contribution in [0.25, 0.3) is 10.9 Å². The Hall–Kier alpha value is -3.61. The third-order valence-electron chi connectivity index (χ3n) is 6.68. The van der Waals surface area contributed by atoms with Crippen molar-refractivity contribution in [2.24, 2.45) is 0 Å². The van der Waals surface area contributed by atoms with Gasteiger partial charge < -0.3 is 24.4 Å². The number of aliphatic hydroxyl groups excluding tert-OH is 1. The number of carboxylic acids is 1. The molecule has 1 aromatic heterocycles. The molecule has 0 amide bonds. The van der Waals surface area contributed by atoms with Crippen LogP contribution in [0.2, 0.25) is 0 Å². The third-order valence-corrected chi connectivity index (χ3v) is 6.68. The van der Waals surface area contributed by atoms with Crippen molar-refractivity contribution in [3.8, 4) is 17.6 Å². The lowest BCUT2D eigenvalue weighted by molar-refractivity contribution is -0.0845. The van der Waals surface area contributed by atoms with Gasteiger partial charge in [0, 0.05) is 17.1 Å². The molecule has 1 fully saturated rings. The maximum absolute atomic E-state index is 11.8. The maximum atomic E-state index is 11.8. The molecule has 1 heterocycles. The molecule has 9 nitrogen and oxygen atoms in total. The fourth-order valence-electron chi connectivity index (χ4n) is 4.86. The van der Waals surface area contributed by atoms with E-state index in [0.717, 1.165) is 31.2 Å². The standard InChI is InChI=1S/C28H33N3O6/c1-4-35-23-12-19(13-24(17(23)3)36-5-2)27(32)25(37-21-8-6-7-9-21)16-31-15-20-10-18(14-29)11-22(28(33)34)26(20)30-31/h10-13,15,21,25,27,32H,4-9,16H2,1-3H3,(H,33,34)/t25-,27+/m0/s1. The van der Waals surface area contributed by atoms with Crippen LogP contribution >= 0.6 is 0 Å². The number of hydrogen-bond donors (Lipinski definition) is 2. The van der Waals surface area contributed by atoms with Crippen LogP contribution in [-0.2, 0) is 11.3 Å². The molecule has 196 valence electrons. The summed E-state index contributed by atoms with van der Waals surface area (Å²) in [6.45, 7) is 6.87. The van der Waals surface area contributed by atoms with Gasteiger partial charge in [-0.3, -0.25) is 4.68 Å². The number of carbonyl (C=O) groups is 1. The minimum atomic E-state index is -1.15. The smallest absolute Gasteiger partial charge is 0.338 e.